The Hall–Kier alpha value is -2.66. The molecule has 4 nitrogen and oxygen atoms in total. The molecule has 2 aromatic carbocycles. The lowest BCUT2D eigenvalue weighted by atomic mass is 10.0. The molecule has 3 rings (SSSR count). The van der Waals surface area contributed by atoms with Gasteiger partial charge in [-0.1, -0.05) is 29.8 Å². The predicted octanol–water partition coefficient (Wildman–Crippen LogP) is 3.69. The minimum Gasteiger partial charge on any atom is -0.477 e. The number of hydrogen-bond donors (Lipinski definition) is 2. The Bertz CT molecular complexity index is 965. The summed E-state index contributed by atoms with van der Waals surface area (Å²) in [5.41, 5.74) is -0.999. The number of rotatable bonds is 2. The SMILES string of the molecule is O=C(O)c1c(-c2ccccc2F)[nH]c2cccc(Cl)c2c1=O. The first-order valence-electron chi connectivity index (χ1n) is 6.33. The molecular weight excluding hydrogens is 309 g/mol. The fourth-order valence-electron chi connectivity index (χ4n) is 2.36. The van der Waals surface area contributed by atoms with E-state index < -0.39 is 22.8 Å². The van der Waals surface area contributed by atoms with Gasteiger partial charge in [0.05, 0.1) is 21.6 Å². The fraction of sp³-hybridized carbons (Fsp3) is 0. The summed E-state index contributed by atoms with van der Waals surface area (Å²) in [5, 5.41) is 9.57. The lowest BCUT2D eigenvalue weighted by molar-refractivity contribution is 0.0696. The van der Waals surface area contributed by atoms with E-state index in [1.165, 1.54) is 24.3 Å². The lowest BCUT2D eigenvalue weighted by Crippen LogP contribution is -2.18. The average molecular weight is 318 g/mol. The maximum Gasteiger partial charge on any atom is 0.341 e. The molecule has 0 atom stereocenters. The fourth-order valence-corrected chi connectivity index (χ4v) is 2.63. The molecule has 0 spiro atoms. The minimum atomic E-state index is -1.44. The second-order valence-corrected chi connectivity index (χ2v) is 5.06. The van der Waals surface area contributed by atoms with Gasteiger partial charge in [0.15, 0.2) is 0 Å². The van der Waals surface area contributed by atoms with Crippen LogP contribution in [0.1, 0.15) is 10.4 Å². The number of aromatic carboxylic acids is 1. The van der Waals surface area contributed by atoms with E-state index in [0.717, 1.165) is 0 Å². The van der Waals surface area contributed by atoms with Crippen LogP contribution in [0.2, 0.25) is 5.02 Å². The summed E-state index contributed by atoms with van der Waals surface area (Å²) in [6, 6.07) is 10.3. The number of fused-ring (bicyclic) bond motifs is 1. The monoisotopic (exact) mass is 317 g/mol. The molecule has 0 saturated heterocycles. The molecule has 110 valence electrons. The normalized spacial score (nSPS) is 10.8. The van der Waals surface area contributed by atoms with Crippen LogP contribution in [0.25, 0.3) is 22.2 Å². The highest BCUT2D eigenvalue weighted by Gasteiger charge is 2.22. The predicted molar refractivity (Wildman–Crippen MR) is 81.9 cm³/mol. The number of hydrogen-bond acceptors (Lipinski definition) is 2. The number of pyridine rings is 1. The maximum absolute atomic E-state index is 14.0. The van der Waals surface area contributed by atoms with Crippen molar-refractivity contribution >= 4 is 28.5 Å². The van der Waals surface area contributed by atoms with E-state index in [9.17, 15) is 19.1 Å². The third-order valence-corrected chi connectivity index (χ3v) is 3.65. The molecule has 3 aromatic rings. The first-order chi connectivity index (χ1) is 10.5. The van der Waals surface area contributed by atoms with E-state index >= 15 is 0 Å². The number of carboxylic acid groups (broad SMARTS) is 1. The Labute approximate surface area is 128 Å². The Morgan fingerprint density at radius 2 is 1.86 bits per heavy atom. The van der Waals surface area contributed by atoms with E-state index in [1.54, 1.807) is 18.2 Å². The third kappa shape index (κ3) is 2.16. The van der Waals surface area contributed by atoms with Gasteiger partial charge >= 0.3 is 5.97 Å². The van der Waals surface area contributed by atoms with Crippen LogP contribution in [0.5, 0.6) is 0 Å². The zero-order chi connectivity index (χ0) is 15.9. The highest BCUT2D eigenvalue weighted by atomic mass is 35.5. The standard InChI is InChI=1S/C16H9ClFNO3/c17-9-5-3-7-11-12(9)15(20)13(16(21)22)14(19-11)8-4-1-2-6-10(8)18/h1-7H,(H,19,20)(H,21,22). The van der Waals surface area contributed by atoms with E-state index in [4.69, 9.17) is 11.6 Å². The summed E-state index contributed by atoms with van der Waals surface area (Å²) < 4.78 is 14.0. The lowest BCUT2D eigenvalue weighted by Gasteiger charge is -2.10. The van der Waals surface area contributed by atoms with Crippen LogP contribution in [0.15, 0.2) is 47.3 Å². The van der Waals surface area contributed by atoms with Gasteiger partial charge in [-0.3, -0.25) is 4.79 Å². The Kier molecular flexibility index (Phi) is 3.42. The smallest absolute Gasteiger partial charge is 0.341 e. The van der Waals surface area contributed by atoms with Crippen LogP contribution in [-0.4, -0.2) is 16.1 Å². The number of aromatic nitrogens is 1. The van der Waals surface area contributed by atoms with Crippen molar-refractivity contribution in [3.63, 3.8) is 0 Å². The van der Waals surface area contributed by atoms with Gasteiger partial charge in [0.1, 0.15) is 11.4 Å². The molecule has 0 bridgehead atoms. The molecule has 0 aliphatic carbocycles. The van der Waals surface area contributed by atoms with E-state index in [1.807, 2.05) is 0 Å². The number of nitrogens with one attached hydrogen (secondary N) is 1. The molecule has 0 aliphatic heterocycles. The van der Waals surface area contributed by atoms with Crippen molar-refractivity contribution in [3.05, 3.63) is 69.1 Å². The van der Waals surface area contributed by atoms with Crippen LogP contribution in [0, 0.1) is 5.82 Å². The Morgan fingerprint density at radius 3 is 2.55 bits per heavy atom. The zero-order valence-corrected chi connectivity index (χ0v) is 11.8. The summed E-state index contributed by atoms with van der Waals surface area (Å²) >= 11 is 5.98. The Balaban J connectivity index is 2.50. The molecular formula is C16H9ClFNO3. The highest BCUT2D eigenvalue weighted by Crippen LogP contribution is 2.27. The zero-order valence-electron chi connectivity index (χ0n) is 11.1. The topological polar surface area (TPSA) is 70.2 Å². The third-order valence-electron chi connectivity index (χ3n) is 3.33. The molecule has 0 aliphatic rings. The average Bonchev–Trinajstić information content (AvgIpc) is 2.47. The summed E-state index contributed by atoms with van der Waals surface area (Å²) in [7, 11) is 0. The van der Waals surface area contributed by atoms with Gasteiger partial charge in [0, 0.05) is 5.56 Å². The molecule has 22 heavy (non-hydrogen) atoms. The molecule has 2 N–H and O–H groups in total. The van der Waals surface area contributed by atoms with Gasteiger partial charge in [0.25, 0.3) is 0 Å². The number of H-pyrrole nitrogens is 1. The van der Waals surface area contributed by atoms with Crippen LogP contribution < -0.4 is 5.43 Å². The van der Waals surface area contributed by atoms with Gasteiger partial charge in [0.2, 0.25) is 5.43 Å². The molecule has 0 amide bonds. The number of aromatic amines is 1. The van der Waals surface area contributed by atoms with Crippen molar-refractivity contribution in [2.24, 2.45) is 0 Å². The highest BCUT2D eigenvalue weighted by molar-refractivity contribution is 6.35. The van der Waals surface area contributed by atoms with Gasteiger partial charge in [-0.2, -0.15) is 0 Å². The molecule has 0 radical (unpaired) electrons. The van der Waals surface area contributed by atoms with E-state index in [-0.39, 0.29) is 21.7 Å². The summed E-state index contributed by atoms with van der Waals surface area (Å²) in [5.74, 6) is -2.07. The maximum atomic E-state index is 14.0. The molecule has 6 heteroatoms. The second-order valence-electron chi connectivity index (χ2n) is 4.65. The summed E-state index contributed by atoms with van der Waals surface area (Å²) in [4.78, 5) is 26.8. The number of benzene rings is 2. The number of carboxylic acids is 1. The van der Waals surface area contributed by atoms with Crippen molar-refractivity contribution in [1.29, 1.82) is 0 Å². The quantitative estimate of drug-likeness (QED) is 0.757. The number of carbonyl (C=O) groups is 1. The van der Waals surface area contributed by atoms with Crippen molar-refractivity contribution < 1.29 is 14.3 Å². The van der Waals surface area contributed by atoms with Crippen molar-refractivity contribution in [1.82, 2.24) is 4.98 Å². The van der Waals surface area contributed by atoms with Crippen LogP contribution in [0.3, 0.4) is 0 Å². The molecule has 0 saturated carbocycles. The van der Waals surface area contributed by atoms with Crippen molar-refractivity contribution in [2.45, 2.75) is 0 Å². The van der Waals surface area contributed by atoms with Crippen molar-refractivity contribution in [2.75, 3.05) is 0 Å². The minimum absolute atomic E-state index is 0.0128. The molecule has 1 aromatic heterocycles. The van der Waals surface area contributed by atoms with E-state index in [0.29, 0.717) is 5.52 Å². The van der Waals surface area contributed by atoms with E-state index in [2.05, 4.69) is 4.98 Å². The van der Waals surface area contributed by atoms with Gasteiger partial charge < -0.3 is 10.1 Å². The van der Waals surface area contributed by atoms with Gasteiger partial charge in [-0.15, -0.1) is 0 Å². The molecule has 0 unspecified atom stereocenters. The summed E-state index contributed by atoms with van der Waals surface area (Å²) in [6.07, 6.45) is 0. The van der Waals surface area contributed by atoms with Gasteiger partial charge in [-0.25, -0.2) is 9.18 Å². The van der Waals surface area contributed by atoms with Crippen LogP contribution in [0.4, 0.5) is 4.39 Å². The first-order valence-corrected chi connectivity index (χ1v) is 6.71. The van der Waals surface area contributed by atoms with Gasteiger partial charge in [-0.05, 0) is 24.3 Å². The number of halogens is 2. The molecule has 0 fully saturated rings. The largest absolute Gasteiger partial charge is 0.477 e. The second kappa shape index (κ2) is 5.27. The summed E-state index contributed by atoms with van der Waals surface area (Å²) in [6.45, 7) is 0. The van der Waals surface area contributed by atoms with Crippen LogP contribution in [-0.2, 0) is 0 Å². The molecule has 1 heterocycles. The van der Waals surface area contributed by atoms with Crippen LogP contribution >= 0.6 is 11.6 Å². The first kappa shape index (κ1) is 14.3. The Morgan fingerprint density at radius 1 is 1.14 bits per heavy atom. The van der Waals surface area contributed by atoms with Crippen molar-refractivity contribution in [3.8, 4) is 11.3 Å².